The van der Waals surface area contributed by atoms with Gasteiger partial charge < -0.3 is 29.2 Å². The van der Waals surface area contributed by atoms with Gasteiger partial charge in [0.25, 0.3) is 5.56 Å². The number of hydrogen-bond acceptors (Lipinski definition) is 8. The minimum Gasteiger partial charge on any atom is -0.406 e. The minimum atomic E-state index is -4.75. The van der Waals surface area contributed by atoms with E-state index in [-0.39, 0.29) is 40.4 Å². The first kappa shape index (κ1) is 31.6. The van der Waals surface area contributed by atoms with Crippen molar-refractivity contribution in [3.63, 3.8) is 0 Å². The lowest BCUT2D eigenvalue weighted by molar-refractivity contribution is -0.274. The molecule has 5 rings (SSSR count). The van der Waals surface area contributed by atoms with Gasteiger partial charge in [0.2, 0.25) is 0 Å². The summed E-state index contributed by atoms with van der Waals surface area (Å²) in [6, 6.07) is 5.86. The monoisotopic (exact) mass is 626 g/mol. The van der Waals surface area contributed by atoms with Crippen molar-refractivity contribution < 1.29 is 32.1 Å². The molecule has 1 aromatic heterocycles. The van der Waals surface area contributed by atoms with Gasteiger partial charge >= 0.3 is 6.36 Å². The Hall–Kier alpha value is -2.80. The van der Waals surface area contributed by atoms with Crippen LogP contribution in [0, 0.1) is 11.8 Å². The summed E-state index contributed by atoms with van der Waals surface area (Å²) in [6.45, 7) is 7.87. The lowest BCUT2D eigenvalue weighted by atomic mass is 9.88. The van der Waals surface area contributed by atoms with Crippen molar-refractivity contribution in [1.29, 1.82) is 0 Å². The van der Waals surface area contributed by atoms with E-state index < -0.39 is 6.36 Å². The van der Waals surface area contributed by atoms with Gasteiger partial charge in [-0.3, -0.25) is 4.79 Å². The molecule has 1 aromatic carbocycles. The Kier molecular flexibility index (Phi) is 10.5. The predicted octanol–water partition coefficient (Wildman–Crippen LogP) is 5.45. The molecule has 0 amide bonds. The Bertz CT molecular complexity index is 1260. The quantitative estimate of drug-likeness (QED) is 0.349. The fourth-order valence-electron chi connectivity index (χ4n) is 6.18. The first-order chi connectivity index (χ1) is 20.7. The van der Waals surface area contributed by atoms with Crippen LogP contribution in [-0.4, -0.2) is 74.4 Å². The van der Waals surface area contributed by atoms with Crippen LogP contribution >= 0.6 is 11.6 Å². The second kappa shape index (κ2) is 14.3. The highest BCUT2D eigenvalue weighted by molar-refractivity contribution is 6.32. The normalized spacial score (nSPS) is 26.5. The average molecular weight is 627 g/mol. The van der Waals surface area contributed by atoms with Crippen molar-refractivity contribution in [2.24, 2.45) is 11.8 Å². The number of nitrogens with one attached hydrogen (secondary N) is 1. The number of ether oxygens (including phenoxy) is 4. The second-order valence-electron chi connectivity index (χ2n) is 11.3. The lowest BCUT2D eigenvalue weighted by Gasteiger charge is -2.40. The number of aromatic nitrogens is 2. The van der Waals surface area contributed by atoms with Crippen LogP contribution < -0.4 is 20.5 Å². The van der Waals surface area contributed by atoms with E-state index in [1.54, 1.807) is 18.3 Å². The summed E-state index contributed by atoms with van der Waals surface area (Å²) in [4.78, 5) is 15.4. The van der Waals surface area contributed by atoms with E-state index in [0.29, 0.717) is 64.0 Å². The molecule has 0 radical (unpaired) electrons. The van der Waals surface area contributed by atoms with E-state index in [0.717, 1.165) is 31.6 Å². The second-order valence-corrected chi connectivity index (χ2v) is 11.6. The molecule has 9 nitrogen and oxygen atoms in total. The minimum absolute atomic E-state index is 0.0822. The topological polar surface area (TPSA) is 87.1 Å². The van der Waals surface area contributed by atoms with Crippen molar-refractivity contribution in [2.45, 2.75) is 56.7 Å². The van der Waals surface area contributed by atoms with E-state index in [2.05, 4.69) is 26.6 Å². The maximum absolute atomic E-state index is 13.2. The summed E-state index contributed by atoms with van der Waals surface area (Å²) in [6.07, 6.45) is 2.44. The Morgan fingerprint density at radius 1 is 1.09 bits per heavy atom. The maximum atomic E-state index is 13.2. The third-order valence-electron chi connectivity index (χ3n) is 8.47. The van der Waals surface area contributed by atoms with Gasteiger partial charge in [0, 0.05) is 37.3 Å². The molecule has 1 aliphatic carbocycles. The van der Waals surface area contributed by atoms with Crippen LogP contribution in [0.3, 0.4) is 0 Å². The number of alkyl halides is 3. The Morgan fingerprint density at radius 3 is 2.51 bits per heavy atom. The van der Waals surface area contributed by atoms with Gasteiger partial charge in [-0.2, -0.15) is 5.10 Å². The molecule has 3 atom stereocenters. The summed E-state index contributed by atoms with van der Waals surface area (Å²) < 4.78 is 60.7. The van der Waals surface area contributed by atoms with E-state index in [4.69, 9.17) is 25.8 Å². The van der Waals surface area contributed by atoms with Crippen molar-refractivity contribution in [3.05, 3.63) is 58.5 Å². The summed E-state index contributed by atoms with van der Waals surface area (Å²) >= 11 is 6.52. The maximum Gasteiger partial charge on any atom is 0.573 e. The van der Waals surface area contributed by atoms with Gasteiger partial charge in [-0.05, 0) is 62.3 Å². The number of rotatable bonds is 10. The fourth-order valence-corrected chi connectivity index (χ4v) is 6.39. The van der Waals surface area contributed by atoms with Gasteiger partial charge in [-0.15, -0.1) is 19.8 Å². The first-order valence-corrected chi connectivity index (χ1v) is 15.1. The number of hydrogen-bond donors (Lipinski definition) is 1. The predicted molar refractivity (Wildman–Crippen MR) is 157 cm³/mol. The summed E-state index contributed by atoms with van der Waals surface area (Å²) in [5, 5.41) is 7.87. The molecule has 13 heteroatoms. The third-order valence-corrected chi connectivity index (χ3v) is 8.84. The molecule has 1 saturated carbocycles. The molecule has 0 bridgehead atoms. The van der Waals surface area contributed by atoms with Gasteiger partial charge in [-0.1, -0.05) is 17.7 Å². The van der Waals surface area contributed by atoms with E-state index in [1.807, 2.05) is 6.08 Å². The van der Waals surface area contributed by atoms with Crippen molar-refractivity contribution in [1.82, 2.24) is 9.78 Å². The number of benzene rings is 1. The third kappa shape index (κ3) is 8.23. The van der Waals surface area contributed by atoms with Crippen LogP contribution in [0.2, 0.25) is 5.02 Å². The summed E-state index contributed by atoms with van der Waals surface area (Å²) in [7, 11) is 0. The Labute approximate surface area is 253 Å². The van der Waals surface area contributed by atoms with Crippen molar-refractivity contribution >= 4 is 23.0 Å². The van der Waals surface area contributed by atoms with E-state index >= 15 is 0 Å². The van der Waals surface area contributed by atoms with Gasteiger partial charge in [0.05, 0.1) is 50.5 Å². The molecule has 2 aromatic rings. The standard InChI is InChI=1S/C30H38ClF3N4O5/c1-2-20-11-12-40-18-21(20)15-35-27-16-36-38(29(39)28(27)31)24-5-3-22(4-6-24)37(17-26-19-41-13-14-42-26)23-7-9-25(10-8-23)43-30(32,33)34/h2,7-10,16,20-22,24,26,35H,1,3-6,11-15,17-19H2/t20-,21-,22?,24?,26-/m1/s1. The summed E-state index contributed by atoms with van der Waals surface area (Å²) in [5.41, 5.74) is 0.937. The highest BCUT2D eigenvalue weighted by atomic mass is 35.5. The van der Waals surface area contributed by atoms with Gasteiger partial charge in [-0.25, -0.2) is 4.68 Å². The van der Waals surface area contributed by atoms with Crippen LogP contribution in [0.5, 0.6) is 5.75 Å². The molecule has 0 spiro atoms. The molecular weight excluding hydrogens is 589 g/mol. The van der Waals surface area contributed by atoms with Gasteiger partial charge in [0.1, 0.15) is 10.8 Å². The zero-order valence-electron chi connectivity index (χ0n) is 23.9. The Morgan fingerprint density at radius 2 is 1.84 bits per heavy atom. The molecule has 3 heterocycles. The largest absolute Gasteiger partial charge is 0.573 e. The number of halogens is 4. The van der Waals surface area contributed by atoms with Crippen LogP contribution in [0.15, 0.2) is 47.9 Å². The highest BCUT2D eigenvalue weighted by Crippen LogP contribution is 2.35. The fraction of sp³-hybridized carbons (Fsp3) is 0.600. The molecule has 236 valence electrons. The number of allylic oxidation sites excluding steroid dienone is 1. The van der Waals surface area contributed by atoms with Crippen LogP contribution in [0.1, 0.15) is 38.1 Å². The van der Waals surface area contributed by atoms with Crippen molar-refractivity contribution in [2.75, 3.05) is 56.3 Å². The molecule has 3 fully saturated rings. The zero-order chi connectivity index (χ0) is 30.4. The van der Waals surface area contributed by atoms with Crippen LogP contribution in [0.4, 0.5) is 24.5 Å². The average Bonchev–Trinajstić information content (AvgIpc) is 3.01. The molecule has 2 saturated heterocycles. The molecule has 1 N–H and O–H groups in total. The Balaban J connectivity index is 1.24. The zero-order valence-corrected chi connectivity index (χ0v) is 24.7. The lowest BCUT2D eigenvalue weighted by Crippen LogP contribution is -2.46. The number of anilines is 2. The molecular formula is C30H38ClF3N4O5. The summed E-state index contributed by atoms with van der Waals surface area (Å²) in [5.74, 6) is 0.304. The number of nitrogens with zero attached hydrogens (tertiary/aromatic N) is 3. The van der Waals surface area contributed by atoms with E-state index in [9.17, 15) is 18.0 Å². The molecule has 0 unspecified atom stereocenters. The van der Waals surface area contributed by atoms with Crippen LogP contribution in [0.25, 0.3) is 0 Å². The smallest absolute Gasteiger partial charge is 0.406 e. The molecule has 3 aliphatic rings. The molecule has 2 aliphatic heterocycles. The highest BCUT2D eigenvalue weighted by Gasteiger charge is 2.33. The first-order valence-electron chi connectivity index (χ1n) is 14.7. The van der Waals surface area contributed by atoms with Crippen molar-refractivity contribution in [3.8, 4) is 5.75 Å². The van der Waals surface area contributed by atoms with Gasteiger partial charge in [0.15, 0.2) is 0 Å². The molecule has 43 heavy (non-hydrogen) atoms. The SMILES string of the molecule is C=C[C@@H]1CCOC[C@H]1CNc1cnn(C2CCC(N(C[C@@H]3COCCO3)c3ccc(OC(F)(F)F)cc3)CC2)c(=O)c1Cl. The van der Waals surface area contributed by atoms with Crippen LogP contribution in [-0.2, 0) is 14.2 Å². The van der Waals surface area contributed by atoms with E-state index in [1.165, 1.54) is 16.8 Å².